The van der Waals surface area contributed by atoms with Gasteiger partial charge in [0.2, 0.25) is 0 Å². The molecule has 0 unspecified atom stereocenters. The maximum atomic E-state index is 12.9. The lowest BCUT2D eigenvalue weighted by atomic mass is 9.95. The Labute approximate surface area is 127 Å². The first kappa shape index (κ1) is 16.3. The van der Waals surface area contributed by atoms with Crippen LogP contribution in [0.25, 0.3) is 0 Å². The smallest absolute Gasteiger partial charge is 0.373 e. The topological polar surface area (TPSA) is 37.0 Å². The second kappa shape index (κ2) is 6.77. The molecule has 1 aromatic rings. The number of pyridine rings is 1. The molecule has 2 N–H and O–H groups in total. The third-order valence-electron chi connectivity index (χ3n) is 3.77. The van der Waals surface area contributed by atoms with Crippen LogP contribution in [0.15, 0.2) is 12.1 Å². The highest BCUT2D eigenvalue weighted by atomic mass is 32.2. The van der Waals surface area contributed by atoms with Crippen molar-refractivity contribution in [3.63, 3.8) is 0 Å². The Morgan fingerprint density at radius 2 is 1.76 bits per heavy atom. The van der Waals surface area contributed by atoms with Gasteiger partial charge >= 0.3 is 6.18 Å². The molecule has 0 aliphatic heterocycles. The van der Waals surface area contributed by atoms with E-state index in [2.05, 4.69) is 21.9 Å². The van der Waals surface area contributed by atoms with Crippen LogP contribution in [-0.4, -0.2) is 29.6 Å². The van der Waals surface area contributed by atoms with E-state index in [1.807, 2.05) is 11.8 Å². The molecule has 0 atom stereocenters. The molecule has 7 heteroatoms. The molecular formula is C14H20F3N3S. The zero-order valence-corrected chi connectivity index (χ0v) is 12.9. The average molecular weight is 319 g/mol. The van der Waals surface area contributed by atoms with Crippen molar-refractivity contribution in [2.45, 2.75) is 43.2 Å². The predicted octanol–water partition coefficient (Wildman–Crippen LogP) is 4.23. The summed E-state index contributed by atoms with van der Waals surface area (Å²) in [5, 5.41) is 6.50. The maximum absolute atomic E-state index is 12.9. The van der Waals surface area contributed by atoms with Gasteiger partial charge in [0, 0.05) is 18.3 Å². The van der Waals surface area contributed by atoms with Crippen LogP contribution in [-0.2, 0) is 6.18 Å². The van der Waals surface area contributed by atoms with Crippen LogP contribution in [0.2, 0.25) is 0 Å². The van der Waals surface area contributed by atoms with Crippen LogP contribution >= 0.6 is 11.8 Å². The van der Waals surface area contributed by atoms with Crippen LogP contribution in [0, 0.1) is 0 Å². The summed E-state index contributed by atoms with van der Waals surface area (Å²) in [5.41, 5.74) is -0.679. The average Bonchev–Trinajstić information content (AvgIpc) is 2.46. The Bertz CT molecular complexity index is 471. The first-order valence-electron chi connectivity index (χ1n) is 6.98. The van der Waals surface area contributed by atoms with E-state index in [4.69, 9.17) is 0 Å². The number of anilines is 2. The van der Waals surface area contributed by atoms with E-state index in [9.17, 15) is 13.2 Å². The van der Waals surface area contributed by atoms with Crippen molar-refractivity contribution in [2.75, 3.05) is 23.9 Å². The quantitative estimate of drug-likeness (QED) is 0.871. The van der Waals surface area contributed by atoms with E-state index in [0.29, 0.717) is 11.1 Å². The van der Waals surface area contributed by atoms with Crippen molar-refractivity contribution in [3.05, 3.63) is 17.7 Å². The summed E-state index contributed by atoms with van der Waals surface area (Å²) in [5.74, 6) is 0.520. The van der Waals surface area contributed by atoms with Crippen molar-refractivity contribution >= 4 is 23.4 Å². The van der Waals surface area contributed by atoms with Gasteiger partial charge in [-0.05, 0) is 44.1 Å². The van der Waals surface area contributed by atoms with Gasteiger partial charge in [0.05, 0.1) is 5.56 Å². The largest absolute Gasteiger partial charge is 0.416 e. The fourth-order valence-corrected chi connectivity index (χ4v) is 3.29. The molecule has 1 saturated carbocycles. The van der Waals surface area contributed by atoms with Gasteiger partial charge in [-0.3, -0.25) is 0 Å². The molecule has 0 aromatic carbocycles. The molecule has 118 valence electrons. The zero-order chi connectivity index (χ0) is 15.5. The fraction of sp³-hybridized carbons (Fsp3) is 0.643. The van der Waals surface area contributed by atoms with Gasteiger partial charge in [-0.15, -0.1) is 0 Å². The minimum Gasteiger partial charge on any atom is -0.373 e. The van der Waals surface area contributed by atoms with Crippen molar-refractivity contribution in [1.29, 1.82) is 0 Å². The molecule has 2 rings (SSSR count). The third-order valence-corrected chi connectivity index (χ3v) is 4.91. The van der Waals surface area contributed by atoms with Gasteiger partial charge in [-0.1, -0.05) is 0 Å². The predicted molar refractivity (Wildman–Crippen MR) is 82.0 cm³/mol. The van der Waals surface area contributed by atoms with E-state index >= 15 is 0 Å². The molecule has 1 aliphatic carbocycles. The molecule has 1 aliphatic rings. The number of hydrogen-bond acceptors (Lipinski definition) is 4. The monoisotopic (exact) mass is 319 g/mol. The molecular weight excluding hydrogens is 299 g/mol. The van der Waals surface area contributed by atoms with Crippen LogP contribution in [0.1, 0.15) is 31.2 Å². The number of rotatable bonds is 4. The number of nitrogens with one attached hydrogen (secondary N) is 2. The maximum Gasteiger partial charge on any atom is 0.416 e. The molecule has 0 saturated heterocycles. The second-order valence-corrected chi connectivity index (χ2v) is 6.37. The molecule has 1 fully saturated rings. The number of thioether (sulfide) groups is 1. The Balaban J connectivity index is 2.09. The van der Waals surface area contributed by atoms with Crippen LogP contribution < -0.4 is 10.6 Å². The van der Waals surface area contributed by atoms with Gasteiger partial charge in [0.25, 0.3) is 0 Å². The summed E-state index contributed by atoms with van der Waals surface area (Å²) in [7, 11) is 1.57. The lowest BCUT2D eigenvalue weighted by Gasteiger charge is -2.28. The first-order chi connectivity index (χ1) is 9.92. The second-order valence-electron chi connectivity index (χ2n) is 5.23. The van der Waals surface area contributed by atoms with E-state index in [0.717, 1.165) is 37.8 Å². The standard InChI is InChI=1S/C14H20F3N3S/c1-18-12-7-9(14(15,16)17)8-13(20-12)19-10-3-5-11(21-2)6-4-10/h7-8,10-11H,3-6H2,1-2H3,(H2,18,19,20). The summed E-state index contributed by atoms with van der Waals surface area (Å²) in [6.07, 6.45) is 1.87. The van der Waals surface area contributed by atoms with Crippen molar-refractivity contribution in [1.82, 2.24) is 4.98 Å². The summed E-state index contributed by atoms with van der Waals surface area (Å²) >= 11 is 1.86. The van der Waals surface area contributed by atoms with Gasteiger partial charge < -0.3 is 10.6 Å². The van der Waals surface area contributed by atoms with E-state index in [1.54, 1.807) is 7.05 Å². The van der Waals surface area contributed by atoms with Gasteiger partial charge in [-0.2, -0.15) is 24.9 Å². The van der Waals surface area contributed by atoms with Crippen molar-refractivity contribution in [2.24, 2.45) is 0 Å². The molecule has 0 amide bonds. The summed E-state index contributed by atoms with van der Waals surface area (Å²) in [6, 6.07) is 2.31. The number of hydrogen-bond donors (Lipinski definition) is 2. The molecule has 1 heterocycles. The fourth-order valence-electron chi connectivity index (χ4n) is 2.55. The molecule has 0 spiro atoms. The molecule has 1 aromatic heterocycles. The lowest BCUT2D eigenvalue weighted by molar-refractivity contribution is -0.137. The normalized spacial score (nSPS) is 22.9. The van der Waals surface area contributed by atoms with E-state index in [1.165, 1.54) is 0 Å². The SMILES string of the molecule is CNc1cc(C(F)(F)F)cc(NC2CCC(SC)CC2)n1. The highest BCUT2D eigenvalue weighted by molar-refractivity contribution is 7.99. The molecule has 0 radical (unpaired) electrons. The Kier molecular flexibility index (Phi) is 5.24. The Morgan fingerprint density at radius 1 is 1.14 bits per heavy atom. The summed E-state index contributed by atoms with van der Waals surface area (Å²) in [4.78, 5) is 4.17. The van der Waals surface area contributed by atoms with Crippen LogP contribution in [0.3, 0.4) is 0 Å². The number of nitrogens with zero attached hydrogens (tertiary/aromatic N) is 1. The summed E-state index contributed by atoms with van der Waals surface area (Å²) < 4.78 is 38.6. The lowest BCUT2D eigenvalue weighted by Crippen LogP contribution is -2.27. The van der Waals surface area contributed by atoms with Crippen LogP contribution in [0.5, 0.6) is 0 Å². The van der Waals surface area contributed by atoms with Gasteiger partial charge in [-0.25, -0.2) is 4.98 Å². The molecule has 0 bridgehead atoms. The van der Waals surface area contributed by atoms with Crippen LogP contribution in [0.4, 0.5) is 24.8 Å². The van der Waals surface area contributed by atoms with Gasteiger partial charge in [0.1, 0.15) is 11.6 Å². The number of aromatic nitrogens is 1. The molecule has 21 heavy (non-hydrogen) atoms. The van der Waals surface area contributed by atoms with Gasteiger partial charge in [0.15, 0.2) is 0 Å². The zero-order valence-electron chi connectivity index (χ0n) is 12.1. The van der Waals surface area contributed by atoms with E-state index < -0.39 is 11.7 Å². The highest BCUT2D eigenvalue weighted by Crippen LogP contribution is 2.33. The number of alkyl halides is 3. The number of halogens is 3. The molecule has 3 nitrogen and oxygen atoms in total. The summed E-state index contributed by atoms with van der Waals surface area (Å²) in [6.45, 7) is 0. The van der Waals surface area contributed by atoms with Crippen molar-refractivity contribution < 1.29 is 13.2 Å². The Hall–Kier alpha value is -1.11. The Morgan fingerprint density at radius 3 is 2.29 bits per heavy atom. The highest BCUT2D eigenvalue weighted by Gasteiger charge is 2.32. The minimum absolute atomic E-state index is 0.203. The minimum atomic E-state index is -4.36. The third kappa shape index (κ3) is 4.43. The van der Waals surface area contributed by atoms with E-state index in [-0.39, 0.29) is 11.9 Å². The van der Waals surface area contributed by atoms with Crippen molar-refractivity contribution in [3.8, 4) is 0 Å². The first-order valence-corrected chi connectivity index (χ1v) is 8.27.